The highest BCUT2D eigenvalue weighted by atomic mass is 35.5. The second kappa shape index (κ2) is 7.76. The third-order valence-corrected chi connectivity index (χ3v) is 1.00. The van der Waals surface area contributed by atoms with Crippen LogP contribution in [0.2, 0.25) is 0 Å². The van der Waals surface area contributed by atoms with Gasteiger partial charge in [-0.05, 0) is 6.42 Å². The summed E-state index contributed by atoms with van der Waals surface area (Å²) in [6.07, 6.45) is 2.98. The average Bonchev–Trinajstić information content (AvgIpc) is 1.83. The first-order valence-corrected chi connectivity index (χ1v) is 2.92. The zero-order valence-electron chi connectivity index (χ0n) is 5.94. The van der Waals surface area contributed by atoms with Gasteiger partial charge in [0, 0.05) is 6.42 Å². The van der Waals surface area contributed by atoms with Gasteiger partial charge in [-0.1, -0.05) is 13.3 Å². The number of hydrogen-bond acceptors (Lipinski definition) is 2. The molecule has 0 rings (SSSR count). The van der Waals surface area contributed by atoms with E-state index in [1.807, 2.05) is 0 Å². The van der Waals surface area contributed by atoms with Gasteiger partial charge >= 0.3 is 0 Å². The number of nitrogens with one attached hydrogen (secondary N) is 1. The maximum absolute atomic E-state index is 7.02. The van der Waals surface area contributed by atoms with Crippen LogP contribution in [0.15, 0.2) is 0 Å². The van der Waals surface area contributed by atoms with E-state index in [-0.39, 0.29) is 12.4 Å². The van der Waals surface area contributed by atoms with Gasteiger partial charge in [-0.3, -0.25) is 5.41 Å². The van der Waals surface area contributed by atoms with Crippen LogP contribution >= 0.6 is 12.4 Å². The Labute approximate surface area is 62.5 Å². The molecule has 0 aliphatic carbocycles. The van der Waals surface area contributed by atoms with Crippen LogP contribution < -0.4 is 0 Å². The molecule has 9 heavy (non-hydrogen) atoms. The maximum atomic E-state index is 7.02. The SMILES string of the molecule is CCCCC(=N)OC.Cl. The molecule has 0 aromatic heterocycles. The summed E-state index contributed by atoms with van der Waals surface area (Å²) in [6.45, 7) is 2.10. The Morgan fingerprint density at radius 3 is 2.44 bits per heavy atom. The van der Waals surface area contributed by atoms with Gasteiger partial charge in [-0.2, -0.15) is 0 Å². The van der Waals surface area contributed by atoms with Gasteiger partial charge in [0.1, 0.15) is 0 Å². The van der Waals surface area contributed by atoms with Crippen LogP contribution in [0, 0.1) is 5.41 Å². The van der Waals surface area contributed by atoms with Crippen LogP contribution in [0.3, 0.4) is 0 Å². The monoisotopic (exact) mass is 151 g/mol. The molecule has 0 saturated carbocycles. The van der Waals surface area contributed by atoms with E-state index in [1.165, 1.54) is 7.11 Å². The minimum atomic E-state index is 0. The molecule has 0 amide bonds. The predicted octanol–water partition coefficient (Wildman–Crippen LogP) is 2.22. The Kier molecular flexibility index (Phi) is 9.95. The molecule has 0 bridgehead atoms. The first kappa shape index (κ1) is 11.5. The minimum absolute atomic E-state index is 0. The van der Waals surface area contributed by atoms with E-state index < -0.39 is 0 Å². The molecular weight excluding hydrogens is 138 g/mol. The van der Waals surface area contributed by atoms with Crippen LogP contribution in [-0.2, 0) is 4.74 Å². The van der Waals surface area contributed by atoms with Crippen molar-refractivity contribution in [3.8, 4) is 0 Å². The summed E-state index contributed by atoms with van der Waals surface area (Å²) in [5.41, 5.74) is 0. The average molecular weight is 152 g/mol. The summed E-state index contributed by atoms with van der Waals surface area (Å²) in [6, 6.07) is 0. The van der Waals surface area contributed by atoms with Gasteiger partial charge in [-0.15, -0.1) is 12.4 Å². The van der Waals surface area contributed by atoms with Gasteiger partial charge in [0.05, 0.1) is 7.11 Å². The molecule has 56 valence electrons. The van der Waals surface area contributed by atoms with E-state index in [2.05, 4.69) is 11.7 Å². The van der Waals surface area contributed by atoms with Crippen molar-refractivity contribution in [3.63, 3.8) is 0 Å². The second-order valence-electron chi connectivity index (χ2n) is 1.73. The molecule has 0 unspecified atom stereocenters. The molecule has 3 heteroatoms. The number of ether oxygens (including phenoxy) is 1. The fourth-order valence-electron chi connectivity index (χ4n) is 0.439. The lowest BCUT2D eigenvalue weighted by molar-refractivity contribution is 0.384. The second-order valence-corrected chi connectivity index (χ2v) is 1.73. The van der Waals surface area contributed by atoms with E-state index >= 15 is 0 Å². The molecule has 0 aliphatic heterocycles. The summed E-state index contributed by atoms with van der Waals surface area (Å²) in [4.78, 5) is 0. The lowest BCUT2D eigenvalue weighted by Crippen LogP contribution is -1.97. The van der Waals surface area contributed by atoms with Crippen LogP contribution in [0.4, 0.5) is 0 Å². The van der Waals surface area contributed by atoms with E-state index in [0.29, 0.717) is 5.90 Å². The Morgan fingerprint density at radius 2 is 2.11 bits per heavy atom. The van der Waals surface area contributed by atoms with E-state index in [0.717, 1.165) is 19.3 Å². The predicted molar refractivity (Wildman–Crippen MR) is 41.5 cm³/mol. The van der Waals surface area contributed by atoms with E-state index in [1.54, 1.807) is 0 Å². The zero-order chi connectivity index (χ0) is 6.41. The van der Waals surface area contributed by atoms with Gasteiger partial charge < -0.3 is 4.74 Å². The molecule has 0 aromatic carbocycles. The third kappa shape index (κ3) is 7.76. The van der Waals surface area contributed by atoms with Crippen LogP contribution in [0.25, 0.3) is 0 Å². The summed E-state index contributed by atoms with van der Waals surface area (Å²) in [5.74, 6) is 0.395. The van der Waals surface area contributed by atoms with Gasteiger partial charge in [0.25, 0.3) is 0 Å². The van der Waals surface area contributed by atoms with E-state index in [9.17, 15) is 0 Å². The Hall–Kier alpha value is -0.240. The molecule has 0 radical (unpaired) electrons. The smallest absolute Gasteiger partial charge is 0.180 e. The molecule has 0 aromatic rings. The van der Waals surface area contributed by atoms with Crippen LogP contribution in [0.5, 0.6) is 0 Å². The standard InChI is InChI=1S/C6H13NO.ClH/c1-3-4-5-6(7)8-2;/h7H,3-5H2,1-2H3;1H. The summed E-state index contributed by atoms with van der Waals surface area (Å²) < 4.78 is 4.64. The molecule has 1 N–H and O–H groups in total. The quantitative estimate of drug-likeness (QED) is 0.487. The summed E-state index contributed by atoms with van der Waals surface area (Å²) in [7, 11) is 1.54. The molecule has 0 aliphatic rings. The van der Waals surface area contributed by atoms with Crippen molar-refractivity contribution in [2.45, 2.75) is 26.2 Å². The molecule has 0 saturated heterocycles. The number of halogens is 1. The Morgan fingerprint density at radius 1 is 1.56 bits per heavy atom. The lowest BCUT2D eigenvalue weighted by atomic mass is 10.2. The fraction of sp³-hybridized carbons (Fsp3) is 0.833. The van der Waals surface area contributed by atoms with Crippen molar-refractivity contribution in [2.24, 2.45) is 0 Å². The fourth-order valence-corrected chi connectivity index (χ4v) is 0.439. The largest absolute Gasteiger partial charge is 0.484 e. The highest BCUT2D eigenvalue weighted by Crippen LogP contribution is 1.94. The zero-order valence-corrected chi connectivity index (χ0v) is 6.75. The van der Waals surface area contributed by atoms with Gasteiger partial charge in [-0.25, -0.2) is 0 Å². The van der Waals surface area contributed by atoms with Crippen molar-refractivity contribution in [1.29, 1.82) is 5.41 Å². The van der Waals surface area contributed by atoms with Crippen molar-refractivity contribution >= 4 is 18.3 Å². The number of rotatable bonds is 3. The molecular formula is C6H14ClNO. The van der Waals surface area contributed by atoms with Gasteiger partial charge in [0.15, 0.2) is 5.90 Å². The van der Waals surface area contributed by atoms with Crippen molar-refractivity contribution < 1.29 is 4.74 Å². The third-order valence-electron chi connectivity index (χ3n) is 1.00. The van der Waals surface area contributed by atoms with Crippen LogP contribution in [0.1, 0.15) is 26.2 Å². The Balaban J connectivity index is 0. The molecule has 2 nitrogen and oxygen atoms in total. The van der Waals surface area contributed by atoms with Gasteiger partial charge in [0.2, 0.25) is 0 Å². The van der Waals surface area contributed by atoms with Crippen molar-refractivity contribution in [2.75, 3.05) is 7.11 Å². The molecule has 0 atom stereocenters. The Bertz CT molecular complexity index is 75.5. The molecule has 0 heterocycles. The number of hydrogen-bond donors (Lipinski definition) is 1. The number of methoxy groups -OCH3 is 1. The van der Waals surface area contributed by atoms with Crippen molar-refractivity contribution in [3.05, 3.63) is 0 Å². The number of unbranched alkanes of at least 4 members (excludes halogenated alkanes) is 1. The van der Waals surface area contributed by atoms with Crippen molar-refractivity contribution in [1.82, 2.24) is 0 Å². The van der Waals surface area contributed by atoms with Crippen LogP contribution in [-0.4, -0.2) is 13.0 Å². The first-order chi connectivity index (χ1) is 3.81. The molecule has 0 spiro atoms. The lowest BCUT2D eigenvalue weighted by Gasteiger charge is -1.97. The van der Waals surface area contributed by atoms with E-state index in [4.69, 9.17) is 5.41 Å². The minimum Gasteiger partial charge on any atom is -0.484 e. The summed E-state index contributed by atoms with van der Waals surface area (Å²) >= 11 is 0. The normalized spacial score (nSPS) is 7.78. The summed E-state index contributed by atoms with van der Waals surface area (Å²) in [5, 5.41) is 7.02. The highest BCUT2D eigenvalue weighted by molar-refractivity contribution is 5.85. The highest BCUT2D eigenvalue weighted by Gasteiger charge is 1.90. The maximum Gasteiger partial charge on any atom is 0.180 e. The molecule has 0 fully saturated rings. The first-order valence-electron chi connectivity index (χ1n) is 2.92. The topological polar surface area (TPSA) is 33.1 Å².